The van der Waals surface area contributed by atoms with E-state index in [1.54, 1.807) is 20.0 Å². The van der Waals surface area contributed by atoms with E-state index in [0.717, 1.165) is 32.0 Å². The first-order chi connectivity index (χ1) is 16.4. The molecular weight excluding hydrogens is 438 g/mol. The van der Waals surface area contributed by atoms with Crippen LogP contribution in [0.15, 0.2) is 12.3 Å². The van der Waals surface area contributed by atoms with Crippen LogP contribution in [0.3, 0.4) is 0 Å². The Morgan fingerprint density at radius 2 is 1.82 bits per heavy atom. The average Bonchev–Trinajstić information content (AvgIpc) is 3.28. The Hall–Kier alpha value is -1.93. The highest BCUT2D eigenvalue weighted by atomic mass is 16.7. The molecule has 0 aromatic carbocycles. The summed E-state index contributed by atoms with van der Waals surface area (Å²) in [5, 5.41) is 12.9. The smallest absolute Gasteiger partial charge is 0.377 e. The van der Waals surface area contributed by atoms with Crippen molar-refractivity contribution in [1.29, 1.82) is 0 Å². The van der Waals surface area contributed by atoms with Crippen molar-refractivity contribution in [1.82, 2.24) is 5.32 Å². The van der Waals surface area contributed by atoms with Gasteiger partial charge in [0.1, 0.15) is 6.29 Å². The summed E-state index contributed by atoms with van der Waals surface area (Å²) in [6.45, 7) is 4.24. The summed E-state index contributed by atoms with van der Waals surface area (Å²) in [6, 6.07) is 0. The van der Waals surface area contributed by atoms with E-state index in [-0.39, 0.29) is 31.3 Å². The van der Waals surface area contributed by atoms with Crippen molar-refractivity contribution >= 4 is 18.2 Å². The van der Waals surface area contributed by atoms with Crippen molar-refractivity contribution in [3.05, 3.63) is 12.3 Å². The van der Waals surface area contributed by atoms with Gasteiger partial charge >= 0.3 is 17.7 Å². The number of hydrogen-bond acceptors (Lipinski definition) is 7. The van der Waals surface area contributed by atoms with Crippen LogP contribution >= 0.6 is 0 Å². The van der Waals surface area contributed by atoms with Crippen molar-refractivity contribution in [2.45, 2.75) is 121 Å². The summed E-state index contributed by atoms with van der Waals surface area (Å²) < 4.78 is 16.5. The van der Waals surface area contributed by atoms with E-state index < -0.39 is 17.3 Å². The van der Waals surface area contributed by atoms with Crippen LogP contribution in [0.2, 0.25) is 0 Å². The predicted octanol–water partition coefficient (Wildman–Crippen LogP) is 4.90. The molecule has 0 saturated heterocycles. The molecule has 0 bridgehead atoms. The van der Waals surface area contributed by atoms with Gasteiger partial charge in [0.2, 0.25) is 0 Å². The van der Waals surface area contributed by atoms with E-state index in [1.807, 2.05) is 0 Å². The van der Waals surface area contributed by atoms with Gasteiger partial charge in [0.05, 0.1) is 25.4 Å². The van der Waals surface area contributed by atoms with Gasteiger partial charge in [-0.2, -0.15) is 0 Å². The number of carbonyl (C=O) groups is 3. The summed E-state index contributed by atoms with van der Waals surface area (Å²) in [6.07, 6.45) is 14.8. The SMILES string of the molecule is CCCCCCCCCC(CCCC(CC=O)(CC(=O)OCC)NC)OC1(C(=O)O)CC=CO1. The lowest BCUT2D eigenvalue weighted by molar-refractivity contribution is -0.235. The van der Waals surface area contributed by atoms with Crippen molar-refractivity contribution in [3.8, 4) is 0 Å². The van der Waals surface area contributed by atoms with Crippen LogP contribution in [0.5, 0.6) is 0 Å². The first kappa shape index (κ1) is 30.1. The molecule has 1 heterocycles. The number of aliphatic carboxylic acids is 1. The molecule has 34 heavy (non-hydrogen) atoms. The Morgan fingerprint density at radius 1 is 1.15 bits per heavy atom. The Balaban J connectivity index is 2.73. The maximum Gasteiger partial charge on any atom is 0.377 e. The highest BCUT2D eigenvalue weighted by Gasteiger charge is 2.45. The quantitative estimate of drug-likeness (QED) is 0.135. The molecule has 0 amide bonds. The fourth-order valence-electron chi connectivity index (χ4n) is 4.43. The number of nitrogens with one attached hydrogen (secondary N) is 1. The van der Waals surface area contributed by atoms with E-state index >= 15 is 0 Å². The normalized spacial score (nSPS) is 19.9. The fourth-order valence-corrected chi connectivity index (χ4v) is 4.43. The number of unbranched alkanes of at least 4 members (excludes halogenated alkanes) is 6. The van der Waals surface area contributed by atoms with Crippen LogP contribution in [0.1, 0.15) is 104 Å². The first-order valence-corrected chi connectivity index (χ1v) is 12.9. The van der Waals surface area contributed by atoms with E-state index in [2.05, 4.69) is 12.2 Å². The van der Waals surface area contributed by atoms with Crippen molar-refractivity contribution in [3.63, 3.8) is 0 Å². The largest absolute Gasteiger partial charge is 0.476 e. The minimum Gasteiger partial charge on any atom is -0.476 e. The molecule has 1 rings (SSSR count). The number of ether oxygens (including phenoxy) is 3. The van der Waals surface area contributed by atoms with Crippen LogP contribution in [0.25, 0.3) is 0 Å². The first-order valence-electron chi connectivity index (χ1n) is 12.9. The molecule has 0 aromatic rings. The molecule has 2 N–H and O–H groups in total. The van der Waals surface area contributed by atoms with Crippen LogP contribution in [-0.2, 0) is 28.6 Å². The maximum absolute atomic E-state index is 12.1. The molecule has 0 spiro atoms. The zero-order chi connectivity index (χ0) is 25.3. The average molecular weight is 484 g/mol. The molecule has 0 aliphatic carbocycles. The van der Waals surface area contributed by atoms with E-state index in [4.69, 9.17) is 14.2 Å². The molecule has 196 valence electrons. The summed E-state index contributed by atoms with van der Waals surface area (Å²) in [7, 11) is 1.74. The Bertz CT molecular complexity index is 629. The third-order valence-corrected chi connectivity index (χ3v) is 6.53. The van der Waals surface area contributed by atoms with Crippen LogP contribution in [0, 0.1) is 0 Å². The monoisotopic (exact) mass is 483 g/mol. The zero-order valence-electron chi connectivity index (χ0n) is 21.3. The molecule has 8 heteroatoms. The van der Waals surface area contributed by atoms with Crippen LogP contribution in [0.4, 0.5) is 0 Å². The van der Waals surface area contributed by atoms with Gasteiger partial charge in [-0.1, -0.05) is 51.9 Å². The molecular formula is C26H45NO7. The van der Waals surface area contributed by atoms with Gasteiger partial charge in [-0.3, -0.25) is 4.79 Å². The minimum atomic E-state index is -1.67. The molecule has 8 nitrogen and oxygen atoms in total. The molecule has 1 aliphatic rings. The van der Waals surface area contributed by atoms with E-state index in [9.17, 15) is 19.5 Å². The molecule has 0 radical (unpaired) electrons. The van der Waals surface area contributed by atoms with Gasteiger partial charge < -0.3 is 29.4 Å². The molecule has 0 fully saturated rings. The second-order valence-electron chi connectivity index (χ2n) is 9.18. The Labute approximate surface area is 204 Å². The third kappa shape index (κ3) is 10.6. The molecule has 3 atom stereocenters. The number of esters is 1. The van der Waals surface area contributed by atoms with Gasteiger partial charge in [0.15, 0.2) is 0 Å². The van der Waals surface area contributed by atoms with Crippen molar-refractivity contribution in [2.24, 2.45) is 0 Å². The van der Waals surface area contributed by atoms with Gasteiger partial charge in [-0.25, -0.2) is 4.79 Å². The maximum atomic E-state index is 12.1. The number of carboxylic acids is 1. The molecule has 1 aliphatic heterocycles. The standard InChI is InChI=1S/C26H45NO7/c1-4-6-7-8-9-10-11-14-22(34-26(24(30)31)17-13-20-33-26)15-12-16-25(27-3,18-19-28)21-23(29)32-5-2/h13,19-20,22,27H,4-12,14-18,21H2,1-3H3,(H,30,31). The van der Waals surface area contributed by atoms with Crippen molar-refractivity contribution < 1.29 is 33.7 Å². The Morgan fingerprint density at radius 3 is 2.38 bits per heavy atom. The Kier molecular flexibility index (Phi) is 14.7. The van der Waals surface area contributed by atoms with Gasteiger partial charge in [0.25, 0.3) is 0 Å². The zero-order valence-corrected chi connectivity index (χ0v) is 21.3. The molecule has 0 aromatic heterocycles. The van der Waals surface area contributed by atoms with Crippen LogP contribution < -0.4 is 5.32 Å². The summed E-state index contributed by atoms with van der Waals surface area (Å²) in [5.74, 6) is -3.14. The fraction of sp³-hybridized carbons (Fsp3) is 0.808. The summed E-state index contributed by atoms with van der Waals surface area (Å²) in [4.78, 5) is 35.3. The number of hydrogen-bond donors (Lipinski definition) is 2. The van der Waals surface area contributed by atoms with Gasteiger partial charge in [-0.15, -0.1) is 0 Å². The topological polar surface area (TPSA) is 111 Å². The lowest BCUT2D eigenvalue weighted by Crippen LogP contribution is -2.46. The number of aldehydes is 1. The summed E-state index contributed by atoms with van der Waals surface area (Å²) >= 11 is 0. The molecule has 3 unspecified atom stereocenters. The second-order valence-corrected chi connectivity index (χ2v) is 9.18. The van der Waals surface area contributed by atoms with E-state index in [0.29, 0.717) is 25.9 Å². The number of carbonyl (C=O) groups excluding carboxylic acids is 2. The van der Waals surface area contributed by atoms with E-state index in [1.165, 1.54) is 31.9 Å². The third-order valence-electron chi connectivity index (χ3n) is 6.53. The minimum absolute atomic E-state index is 0.103. The lowest BCUT2D eigenvalue weighted by Gasteiger charge is -2.33. The number of rotatable bonds is 21. The molecule has 0 saturated carbocycles. The van der Waals surface area contributed by atoms with Crippen LogP contribution in [-0.4, -0.2) is 54.4 Å². The van der Waals surface area contributed by atoms with Gasteiger partial charge in [-0.05, 0) is 45.7 Å². The van der Waals surface area contributed by atoms with Gasteiger partial charge in [0, 0.05) is 18.4 Å². The lowest BCUT2D eigenvalue weighted by atomic mass is 9.85. The van der Waals surface area contributed by atoms with Crippen molar-refractivity contribution in [2.75, 3.05) is 13.7 Å². The predicted molar refractivity (Wildman–Crippen MR) is 130 cm³/mol. The summed E-state index contributed by atoms with van der Waals surface area (Å²) in [5.41, 5.74) is -0.687. The number of carboxylic acid groups (broad SMARTS) is 1. The second kappa shape index (κ2) is 16.7. The highest BCUT2D eigenvalue weighted by Crippen LogP contribution is 2.31. The highest BCUT2D eigenvalue weighted by molar-refractivity contribution is 5.76.